The predicted octanol–water partition coefficient (Wildman–Crippen LogP) is 3.70. The van der Waals surface area contributed by atoms with Gasteiger partial charge in [-0.3, -0.25) is 0 Å². The molecule has 0 amide bonds. The number of rotatable bonds is 0. The minimum atomic E-state index is -0.154. The van der Waals surface area contributed by atoms with E-state index in [2.05, 4.69) is 39.8 Å². The summed E-state index contributed by atoms with van der Waals surface area (Å²) in [5.41, 5.74) is 3.13. The molecule has 0 saturated heterocycles. The quantitative estimate of drug-likeness (QED) is 0.617. The highest BCUT2D eigenvalue weighted by atomic mass is 16.3. The number of fused-ring (bicyclic) bond motifs is 1. The molecule has 2 rings (SSSR count). The zero-order chi connectivity index (χ0) is 11.9. The van der Waals surface area contributed by atoms with Crippen LogP contribution < -0.4 is 0 Å². The highest BCUT2D eigenvalue weighted by molar-refractivity contribution is 5.22. The Morgan fingerprint density at radius 1 is 1.25 bits per heavy atom. The van der Waals surface area contributed by atoms with E-state index < -0.39 is 0 Å². The summed E-state index contributed by atoms with van der Waals surface area (Å²) in [6.45, 7) is 8.94. The van der Waals surface area contributed by atoms with Crippen LogP contribution in [-0.4, -0.2) is 11.2 Å². The Balaban J connectivity index is 2.22. The largest absolute Gasteiger partial charge is 0.392 e. The molecule has 1 N–H and O–H groups in total. The average molecular weight is 220 g/mol. The first kappa shape index (κ1) is 11.9. The van der Waals surface area contributed by atoms with Crippen molar-refractivity contribution in [1.29, 1.82) is 0 Å². The summed E-state index contributed by atoms with van der Waals surface area (Å²) in [7, 11) is 0. The highest BCUT2D eigenvalue weighted by Crippen LogP contribution is 2.61. The van der Waals surface area contributed by atoms with Crippen molar-refractivity contribution in [3.63, 3.8) is 0 Å². The van der Waals surface area contributed by atoms with Crippen molar-refractivity contribution in [2.75, 3.05) is 0 Å². The second kappa shape index (κ2) is 4.03. The van der Waals surface area contributed by atoms with E-state index in [4.69, 9.17) is 0 Å². The van der Waals surface area contributed by atoms with Crippen molar-refractivity contribution in [3.8, 4) is 0 Å². The van der Waals surface area contributed by atoms with Gasteiger partial charge in [0.1, 0.15) is 0 Å². The lowest BCUT2D eigenvalue weighted by atomic mass is 9.99. The Labute approximate surface area is 99.3 Å². The Hall–Kier alpha value is -0.560. The first-order valence-corrected chi connectivity index (χ1v) is 6.44. The van der Waals surface area contributed by atoms with E-state index in [9.17, 15) is 5.11 Å². The lowest BCUT2D eigenvalue weighted by Gasteiger charge is -2.13. The highest BCUT2D eigenvalue weighted by Gasteiger charge is 2.59. The fourth-order valence-electron chi connectivity index (χ4n) is 3.25. The number of aliphatic hydroxyl groups excluding tert-OH is 1. The van der Waals surface area contributed by atoms with Crippen LogP contribution in [0, 0.1) is 17.3 Å². The Morgan fingerprint density at radius 3 is 2.62 bits per heavy atom. The maximum atomic E-state index is 10.3. The number of hydrogen-bond donors (Lipinski definition) is 1. The van der Waals surface area contributed by atoms with Crippen LogP contribution >= 0.6 is 0 Å². The van der Waals surface area contributed by atoms with Crippen molar-refractivity contribution >= 4 is 0 Å². The SMILES string of the molecule is C/C1=C/[C@H]2[C@H]([C@@H](O)C/C(C)=C\CC1)C2(C)C. The number of hydrogen-bond acceptors (Lipinski definition) is 1. The maximum absolute atomic E-state index is 10.3. The Morgan fingerprint density at radius 2 is 1.94 bits per heavy atom. The van der Waals surface area contributed by atoms with Gasteiger partial charge in [0.15, 0.2) is 0 Å². The third kappa shape index (κ3) is 2.10. The molecule has 1 heteroatoms. The van der Waals surface area contributed by atoms with E-state index in [0.29, 0.717) is 17.3 Å². The first-order chi connectivity index (χ1) is 7.43. The van der Waals surface area contributed by atoms with Crippen LogP contribution in [0.2, 0.25) is 0 Å². The maximum Gasteiger partial charge on any atom is 0.0616 e. The molecule has 90 valence electrons. The monoisotopic (exact) mass is 220 g/mol. The van der Waals surface area contributed by atoms with Gasteiger partial charge >= 0.3 is 0 Å². The molecular weight excluding hydrogens is 196 g/mol. The van der Waals surface area contributed by atoms with E-state index in [1.54, 1.807) is 0 Å². The number of allylic oxidation sites excluding steroid dienone is 3. The van der Waals surface area contributed by atoms with Gasteiger partial charge in [-0.05, 0) is 50.4 Å². The fraction of sp³-hybridized carbons (Fsp3) is 0.733. The summed E-state index contributed by atoms with van der Waals surface area (Å²) >= 11 is 0. The minimum Gasteiger partial charge on any atom is -0.392 e. The van der Waals surface area contributed by atoms with Crippen molar-refractivity contribution in [3.05, 3.63) is 23.3 Å². The third-order valence-corrected chi connectivity index (χ3v) is 4.44. The zero-order valence-electron chi connectivity index (χ0n) is 11.0. The van der Waals surface area contributed by atoms with Gasteiger partial charge in [-0.25, -0.2) is 0 Å². The molecule has 0 radical (unpaired) electrons. The molecule has 2 aliphatic carbocycles. The molecule has 2 aliphatic rings. The van der Waals surface area contributed by atoms with Crippen molar-refractivity contribution in [2.24, 2.45) is 17.3 Å². The molecule has 16 heavy (non-hydrogen) atoms. The van der Waals surface area contributed by atoms with Gasteiger partial charge in [0.05, 0.1) is 6.10 Å². The van der Waals surface area contributed by atoms with Crippen molar-refractivity contribution < 1.29 is 5.11 Å². The van der Waals surface area contributed by atoms with Gasteiger partial charge < -0.3 is 5.11 Å². The molecule has 0 aromatic rings. The predicted molar refractivity (Wildman–Crippen MR) is 68.1 cm³/mol. The fourth-order valence-corrected chi connectivity index (χ4v) is 3.25. The lowest BCUT2D eigenvalue weighted by Crippen LogP contribution is -2.14. The van der Waals surface area contributed by atoms with Gasteiger partial charge in [-0.2, -0.15) is 0 Å². The molecule has 0 aromatic carbocycles. The van der Waals surface area contributed by atoms with Gasteiger partial charge in [0.25, 0.3) is 0 Å². The molecule has 0 aliphatic heterocycles. The normalized spacial score (nSPS) is 44.7. The Bertz CT molecular complexity index is 335. The summed E-state index contributed by atoms with van der Waals surface area (Å²) in [5.74, 6) is 1.05. The van der Waals surface area contributed by atoms with Gasteiger partial charge in [-0.15, -0.1) is 0 Å². The molecule has 0 heterocycles. The van der Waals surface area contributed by atoms with Crippen LogP contribution in [-0.2, 0) is 0 Å². The summed E-state index contributed by atoms with van der Waals surface area (Å²) in [4.78, 5) is 0. The Kier molecular flexibility index (Phi) is 3.00. The van der Waals surface area contributed by atoms with Crippen LogP contribution in [0.5, 0.6) is 0 Å². The standard InChI is InChI=1S/C15H24O/c1-10-6-5-7-11(2)9-13(16)14-12(8-10)15(14,3)4/h7-8,12-14,16H,5-6,9H2,1-4H3/b10-8-,11-7-/t12-,13-,14+/m0/s1. The van der Waals surface area contributed by atoms with Gasteiger partial charge in [0.2, 0.25) is 0 Å². The lowest BCUT2D eigenvalue weighted by molar-refractivity contribution is 0.135. The molecule has 0 bridgehead atoms. The molecule has 0 aromatic heterocycles. The summed E-state index contributed by atoms with van der Waals surface area (Å²) < 4.78 is 0. The van der Waals surface area contributed by atoms with Crippen molar-refractivity contribution in [2.45, 2.75) is 53.1 Å². The summed E-state index contributed by atoms with van der Waals surface area (Å²) in [6.07, 6.45) is 7.69. The summed E-state index contributed by atoms with van der Waals surface area (Å²) in [5, 5.41) is 10.3. The summed E-state index contributed by atoms with van der Waals surface area (Å²) in [6, 6.07) is 0. The minimum absolute atomic E-state index is 0.154. The van der Waals surface area contributed by atoms with E-state index in [1.807, 2.05) is 0 Å². The second-order valence-electron chi connectivity index (χ2n) is 6.25. The molecule has 0 spiro atoms. The molecular formula is C15H24O. The molecule has 1 fully saturated rings. The average Bonchev–Trinajstić information content (AvgIpc) is 2.67. The molecule has 1 saturated carbocycles. The van der Waals surface area contributed by atoms with E-state index in [0.717, 1.165) is 12.8 Å². The van der Waals surface area contributed by atoms with Crippen LogP contribution in [0.15, 0.2) is 23.3 Å². The van der Waals surface area contributed by atoms with E-state index in [-0.39, 0.29) is 6.10 Å². The van der Waals surface area contributed by atoms with Gasteiger partial charge in [-0.1, -0.05) is 37.1 Å². The smallest absolute Gasteiger partial charge is 0.0616 e. The van der Waals surface area contributed by atoms with Gasteiger partial charge in [0, 0.05) is 0 Å². The molecule has 0 unspecified atom stereocenters. The van der Waals surface area contributed by atoms with Crippen LogP contribution in [0.25, 0.3) is 0 Å². The first-order valence-electron chi connectivity index (χ1n) is 6.44. The van der Waals surface area contributed by atoms with E-state index in [1.165, 1.54) is 17.6 Å². The third-order valence-electron chi connectivity index (χ3n) is 4.44. The number of aliphatic hydroxyl groups is 1. The molecule has 1 nitrogen and oxygen atoms in total. The van der Waals surface area contributed by atoms with Crippen LogP contribution in [0.4, 0.5) is 0 Å². The zero-order valence-corrected chi connectivity index (χ0v) is 11.0. The van der Waals surface area contributed by atoms with E-state index >= 15 is 0 Å². The van der Waals surface area contributed by atoms with Crippen molar-refractivity contribution in [1.82, 2.24) is 0 Å². The molecule has 3 atom stereocenters. The van der Waals surface area contributed by atoms with Crippen LogP contribution in [0.1, 0.15) is 47.0 Å². The second-order valence-corrected chi connectivity index (χ2v) is 6.25. The topological polar surface area (TPSA) is 20.2 Å². The van der Waals surface area contributed by atoms with Crippen LogP contribution in [0.3, 0.4) is 0 Å².